The Bertz CT molecular complexity index is 947. The normalized spacial score (nSPS) is 10.5. The Hall–Kier alpha value is -3.41. The molecule has 3 rings (SSSR count). The fraction of sp³-hybridized carbons (Fsp3) is 0.227. The van der Waals surface area contributed by atoms with Gasteiger partial charge in [0.1, 0.15) is 11.3 Å². The maximum absolute atomic E-state index is 12.7. The third-order valence-corrected chi connectivity index (χ3v) is 4.19. The van der Waals surface area contributed by atoms with Crippen LogP contribution < -0.4 is 5.32 Å². The standard InChI is InChI=1S/C22H23N3O3/c1-3-13-23-20(26)15-28-22(27)19-14-25(18-11-9-16(2)10-12-18)24-21(19)17-7-5-4-6-8-17/h4-12,14H,3,13,15H2,1-2H3,(H,23,26). The number of aromatic nitrogens is 2. The van der Waals surface area contributed by atoms with Gasteiger partial charge in [-0.15, -0.1) is 0 Å². The number of hydrogen-bond donors (Lipinski definition) is 1. The molecule has 0 aliphatic heterocycles. The molecule has 0 saturated heterocycles. The average Bonchev–Trinajstić information content (AvgIpc) is 3.17. The van der Waals surface area contributed by atoms with E-state index in [0.29, 0.717) is 17.8 Å². The molecule has 0 aliphatic carbocycles. The molecule has 1 amide bonds. The van der Waals surface area contributed by atoms with E-state index in [9.17, 15) is 9.59 Å². The lowest BCUT2D eigenvalue weighted by Crippen LogP contribution is -2.29. The molecule has 0 unspecified atom stereocenters. The second-order valence-electron chi connectivity index (χ2n) is 6.46. The van der Waals surface area contributed by atoms with E-state index in [-0.39, 0.29) is 12.5 Å². The molecule has 0 bridgehead atoms. The average molecular weight is 377 g/mol. The molecule has 0 aliphatic rings. The fourth-order valence-corrected chi connectivity index (χ4v) is 2.69. The van der Waals surface area contributed by atoms with Gasteiger partial charge in [-0.1, -0.05) is 55.0 Å². The summed E-state index contributed by atoms with van der Waals surface area (Å²) in [6.45, 7) is 4.20. The number of nitrogens with zero attached hydrogens (tertiary/aromatic N) is 2. The van der Waals surface area contributed by atoms with Crippen molar-refractivity contribution in [3.05, 3.63) is 71.9 Å². The van der Waals surface area contributed by atoms with E-state index in [1.54, 1.807) is 10.9 Å². The van der Waals surface area contributed by atoms with Crippen LogP contribution in [0.5, 0.6) is 0 Å². The number of nitrogens with one attached hydrogen (secondary N) is 1. The molecular weight excluding hydrogens is 354 g/mol. The molecule has 3 aromatic rings. The zero-order valence-corrected chi connectivity index (χ0v) is 16.0. The van der Waals surface area contributed by atoms with E-state index in [0.717, 1.165) is 23.2 Å². The Balaban J connectivity index is 1.88. The number of benzene rings is 2. The molecule has 0 fully saturated rings. The Morgan fingerprint density at radius 2 is 1.79 bits per heavy atom. The van der Waals surface area contributed by atoms with E-state index >= 15 is 0 Å². The molecule has 6 nitrogen and oxygen atoms in total. The number of aryl methyl sites for hydroxylation is 1. The maximum Gasteiger partial charge on any atom is 0.342 e. The monoisotopic (exact) mass is 377 g/mol. The molecule has 1 heterocycles. The van der Waals surface area contributed by atoms with Crippen molar-refractivity contribution in [1.82, 2.24) is 15.1 Å². The Labute approximate surface area is 164 Å². The molecule has 0 radical (unpaired) electrons. The maximum atomic E-state index is 12.7. The van der Waals surface area contributed by atoms with Crippen molar-refractivity contribution in [2.45, 2.75) is 20.3 Å². The highest BCUT2D eigenvalue weighted by molar-refractivity contribution is 5.97. The first-order valence-corrected chi connectivity index (χ1v) is 9.24. The second kappa shape index (κ2) is 8.99. The first-order chi connectivity index (χ1) is 13.6. The van der Waals surface area contributed by atoms with Crippen LogP contribution in [0, 0.1) is 6.92 Å². The van der Waals surface area contributed by atoms with Crippen LogP contribution in [0.2, 0.25) is 0 Å². The molecule has 2 aromatic carbocycles. The number of carbonyl (C=O) groups is 2. The van der Waals surface area contributed by atoms with Crippen molar-refractivity contribution in [2.75, 3.05) is 13.2 Å². The summed E-state index contributed by atoms with van der Waals surface area (Å²) in [7, 11) is 0. The minimum Gasteiger partial charge on any atom is -0.452 e. The molecule has 0 spiro atoms. The predicted molar refractivity (Wildman–Crippen MR) is 107 cm³/mol. The van der Waals surface area contributed by atoms with Crippen LogP contribution >= 0.6 is 0 Å². The lowest BCUT2D eigenvalue weighted by Gasteiger charge is -2.05. The number of esters is 1. The lowest BCUT2D eigenvalue weighted by molar-refractivity contribution is -0.124. The van der Waals surface area contributed by atoms with Gasteiger partial charge in [0.05, 0.1) is 5.69 Å². The Kier molecular flexibility index (Phi) is 6.22. The molecule has 28 heavy (non-hydrogen) atoms. The van der Waals surface area contributed by atoms with Crippen LogP contribution in [0.25, 0.3) is 16.9 Å². The summed E-state index contributed by atoms with van der Waals surface area (Å²) in [5.41, 5.74) is 3.60. The van der Waals surface area contributed by atoms with E-state index in [4.69, 9.17) is 4.74 Å². The Morgan fingerprint density at radius 3 is 2.46 bits per heavy atom. The van der Waals surface area contributed by atoms with Crippen LogP contribution in [0.1, 0.15) is 29.3 Å². The van der Waals surface area contributed by atoms with Gasteiger partial charge in [-0.2, -0.15) is 5.10 Å². The van der Waals surface area contributed by atoms with E-state index in [2.05, 4.69) is 10.4 Å². The molecule has 1 aromatic heterocycles. The van der Waals surface area contributed by atoms with Gasteiger partial charge in [-0.3, -0.25) is 4.79 Å². The third kappa shape index (κ3) is 4.65. The van der Waals surface area contributed by atoms with Gasteiger partial charge in [0.15, 0.2) is 6.61 Å². The smallest absolute Gasteiger partial charge is 0.342 e. The van der Waals surface area contributed by atoms with Crippen LogP contribution in [0.4, 0.5) is 0 Å². The van der Waals surface area contributed by atoms with Gasteiger partial charge in [0.25, 0.3) is 5.91 Å². The largest absolute Gasteiger partial charge is 0.452 e. The van der Waals surface area contributed by atoms with Crippen LogP contribution in [0.3, 0.4) is 0 Å². The topological polar surface area (TPSA) is 73.2 Å². The van der Waals surface area contributed by atoms with Crippen molar-refractivity contribution in [1.29, 1.82) is 0 Å². The molecule has 1 N–H and O–H groups in total. The van der Waals surface area contributed by atoms with E-state index in [1.165, 1.54) is 0 Å². The number of hydrogen-bond acceptors (Lipinski definition) is 4. The molecule has 0 atom stereocenters. The summed E-state index contributed by atoms with van der Waals surface area (Å²) in [6, 6.07) is 17.3. The first-order valence-electron chi connectivity index (χ1n) is 9.24. The Morgan fingerprint density at radius 1 is 1.07 bits per heavy atom. The second-order valence-corrected chi connectivity index (χ2v) is 6.46. The van der Waals surface area contributed by atoms with Crippen molar-refractivity contribution >= 4 is 11.9 Å². The van der Waals surface area contributed by atoms with Gasteiger partial charge in [0, 0.05) is 18.3 Å². The molecule has 0 saturated carbocycles. The highest BCUT2D eigenvalue weighted by atomic mass is 16.5. The summed E-state index contributed by atoms with van der Waals surface area (Å²) in [6.07, 6.45) is 2.46. The van der Waals surface area contributed by atoms with Crippen molar-refractivity contribution in [2.24, 2.45) is 0 Å². The number of amides is 1. The zero-order valence-electron chi connectivity index (χ0n) is 16.0. The molecule has 144 valence electrons. The third-order valence-electron chi connectivity index (χ3n) is 4.19. The minimum atomic E-state index is -0.580. The predicted octanol–water partition coefficient (Wildman–Crippen LogP) is 3.53. The van der Waals surface area contributed by atoms with Crippen LogP contribution in [-0.4, -0.2) is 34.8 Å². The highest BCUT2D eigenvalue weighted by Gasteiger charge is 2.20. The lowest BCUT2D eigenvalue weighted by atomic mass is 10.1. The van der Waals surface area contributed by atoms with Crippen LogP contribution in [0.15, 0.2) is 60.8 Å². The summed E-state index contributed by atoms with van der Waals surface area (Å²) < 4.78 is 6.86. The SMILES string of the molecule is CCCNC(=O)COC(=O)c1cn(-c2ccc(C)cc2)nc1-c1ccccc1. The molecular formula is C22H23N3O3. The number of rotatable bonds is 7. The van der Waals surface area contributed by atoms with Gasteiger partial charge in [-0.25, -0.2) is 9.48 Å². The van der Waals surface area contributed by atoms with Gasteiger partial charge in [-0.05, 0) is 25.5 Å². The van der Waals surface area contributed by atoms with Gasteiger partial charge < -0.3 is 10.1 Å². The van der Waals surface area contributed by atoms with Gasteiger partial charge >= 0.3 is 5.97 Å². The van der Waals surface area contributed by atoms with E-state index < -0.39 is 5.97 Å². The summed E-state index contributed by atoms with van der Waals surface area (Å²) in [4.78, 5) is 24.4. The van der Waals surface area contributed by atoms with Crippen molar-refractivity contribution in [3.63, 3.8) is 0 Å². The fourth-order valence-electron chi connectivity index (χ4n) is 2.69. The first kappa shape index (κ1) is 19.4. The highest BCUT2D eigenvalue weighted by Crippen LogP contribution is 2.24. The quantitative estimate of drug-likeness (QED) is 0.639. The van der Waals surface area contributed by atoms with Gasteiger partial charge in [0.2, 0.25) is 0 Å². The van der Waals surface area contributed by atoms with Crippen LogP contribution in [-0.2, 0) is 9.53 Å². The number of carbonyl (C=O) groups excluding carboxylic acids is 2. The van der Waals surface area contributed by atoms with E-state index in [1.807, 2.05) is 68.4 Å². The number of ether oxygens (including phenoxy) is 1. The minimum absolute atomic E-state index is 0.315. The van der Waals surface area contributed by atoms with Crippen molar-refractivity contribution < 1.29 is 14.3 Å². The summed E-state index contributed by atoms with van der Waals surface area (Å²) in [5.74, 6) is -0.897. The molecule has 6 heteroatoms. The zero-order chi connectivity index (χ0) is 19.9. The summed E-state index contributed by atoms with van der Waals surface area (Å²) in [5, 5.41) is 7.28. The summed E-state index contributed by atoms with van der Waals surface area (Å²) >= 11 is 0. The van der Waals surface area contributed by atoms with Crippen molar-refractivity contribution in [3.8, 4) is 16.9 Å².